The monoisotopic (exact) mass is 261 g/mol. The molecule has 1 heterocycles. The smallest absolute Gasteiger partial charge is 0.127 e. The van der Waals surface area contributed by atoms with Crippen LogP contribution in [0.1, 0.15) is 30.8 Å². The van der Waals surface area contributed by atoms with E-state index < -0.39 is 0 Å². The molecule has 0 bridgehead atoms. The first-order valence-corrected chi connectivity index (χ1v) is 6.53. The molecule has 1 aromatic heterocycles. The van der Waals surface area contributed by atoms with Gasteiger partial charge in [-0.1, -0.05) is 26.0 Å². The van der Waals surface area contributed by atoms with E-state index in [-0.39, 0.29) is 5.82 Å². The average Bonchev–Trinajstić information content (AvgIpc) is 2.75. The number of hydrogen-bond acceptors (Lipinski definition) is 2. The van der Waals surface area contributed by atoms with Gasteiger partial charge in [0.25, 0.3) is 0 Å². The SMILES string of the molecule is CC(C)NCc1cc(Cc2nccn2C)ccc1F. The predicted molar refractivity (Wildman–Crippen MR) is 74.4 cm³/mol. The summed E-state index contributed by atoms with van der Waals surface area (Å²) in [6, 6.07) is 5.62. The van der Waals surface area contributed by atoms with E-state index in [1.54, 1.807) is 6.20 Å². The Hall–Kier alpha value is -1.68. The highest BCUT2D eigenvalue weighted by Gasteiger charge is 2.07. The Morgan fingerprint density at radius 2 is 2.16 bits per heavy atom. The fourth-order valence-corrected chi connectivity index (χ4v) is 1.94. The molecule has 4 heteroatoms. The minimum Gasteiger partial charge on any atom is -0.338 e. The summed E-state index contributed by atoms with van der Waals surface area (Å²) in [6.45, 7) is 4.66. The molecule has 0 unspecified atom stereocenters. The van der Waals surface area contributed by atoms with E-state index in [9.17, 15) is 4.39 Å². The number of nitrogens with zero attached hydrogens (tertiary/aromatic N) is 2. The van der Waals surface area contributed by atoms with Crippen molar-refractivity contribution in [1.29, 1.82) is 0 Å². The zero-order valence-electron chi connectivity index (χ0n) is 11.7. The number of nitrogens with one attached hydrogen (secondary N) is 1. The third-order valence-corrected chi connectivity index (χ3v) is 3.09. The van der Waals surface area contributed by atoms with Crippen LogP contribution in [0.2, 0.25) is 0 Å². The first-order valence-electron chi connectivity index (χ1n) is 6.53. The lowest BCUT2D eigenvalue weighted by atomic mass is 10.1. The van der Waals surface area contributed by atoms with Gasteiger partial charge in [-0.2, -0.15) is 0 Å². The van der Waals surface area contributed by atoms with E-state index in [1.807, 2.05) is 29.9 Å². The molecule has 2 aromatic rings. The van der Waals surface area contributed by atoms with Gasteiger partial charge in [-0.25, -0.2) is 9.37 Å². The maximum Gasteiger partial charge on any atom is 0.127 e. The molecular formula is C15H20FN3. The Balaban J connectivity index is 2.14. The zero-order chi connectivity index (χ0) is 13.8. The fourth-order valence-electron chi connectivity index (χ4n) is 1.94. The zero-order valence-corrected chi connectivity index (χ0v) is 11.7. The van der Waals surface area contributed by atoms with E-state index in [0.29, 0.717) is 18.2 Å². The second-order valence-electron chi connectivity index (χ2n) is 5.09. The van der Waals surface area contributed by atoms with Crippen molar-refractivity contribution in [2.75, 3.05) is 0 Å². The highest BCUT2D eigenvalue weighted by Crippen LogP contribution is 2.14. The summed E-state index contributed by atoms with van der Waals surface area (Å²) in [7, 11) is 1.97. The Morgan fingerprint density at radius 1 is 1.37 bits per heavy atom. The van der Waals surface area contributed by atoms with Gasteiger partial charge in [0, 0.05) is 44.0 Å². The number of aromatic nitrogens is 2. The molecule has 1 N–H and O–H groups in total. The topological polar surface area (TPSA) is 29.9 Å². The summed E-state index contributed by atoms with van der Waals surface area (Å²) >= 11 is 0. The Kier molecular flexibility index (Phi) is 4.32. The molecule has 0 amide bonds. The highest BCUT2D eigenvalue weighted by atomic mass is 19.1. The molecule has 0 radical (unpaired) electrons. The summed E-state index contributed by atoms with van der Waals surface area (Å²) < 4.78 is 15.7. The van der Waals surface area contributed by atoms with Crippen LogP contribution in [0, 0.1) is 5.82 Å². The second kappa shape index (κ2) is 5.97. The van der Waals surface area contributed by atoms with Gasteiger partial charge < -0.3 is 9.88 Å². The molecule has 102 valence electrons. The molecule has 0 fully saturated rings. The quantitative estimate of drug-likeness (QED) is 0.896. The summed E-state index contributed by atoms with van der Waals surface area (Å²) in [6.07, 6.45) is 4.42. The molecule has 19 heavy (non-hydrogen) atoms. The van der Waals surface area contributed by atoms with Crippen molar-refractivity contribution in [2.24, 2.45) is 7.05 Å². The summed E-state index contributed by atoms with van der Waals surface area (Å²) in [5.41, 5.74) is 1.79. The first-order chi connectivity index (χ1) is 9.06. The minimum atomic E-state index is -0.156. The molecule has 0 aliphatic heterocycles. The van der Waals surface area contributed by atoms with Gasteiger partial charge >= 0.3 is 0 Å². The average molecular weight is 261 g/mol. The van der Waals surface area contributed by atoms with Gasteiger partial charge in [-0.05, 0) is 11.6 Å². The van der Waals surface area contributed by atoms with Crippen molar-refractivity contribution in [3.63, 3.8) is 0 Å². The molecule has 0 aliphatic carbocycles. The van der Waals surface area contributed by atoms with E-state index >= 15 is 0 Å². The normalized spacial score (nSPS) is 11.2. The Labute approximate surface area is 113 Å². The van der Waals surface area contributed by atoms with E-state index in [4.69, 9.17) is 0 Å². The number of rotatable bonds is 5. The summed E-state index contributed by atoms with van der Waals surface area (Å²) in [5.74, 6) is 0.825. The largest absolute Gasteiger partial charge is 0.338 e. The number of hydrogen-bond donors (Lipinski definition) is 1. The van der Waals surface area contributed by atoms with Crippen LogP contribution in [0.5, 0.6) is 0 Å². The third kappa shape index (κ3) is 3.64. The van der Waals surface area contributed by atoms with Gasteiger partial charge in [-0.15, -0.1) is 0 Å². The van der Waals surface area contributed by atoms with Crippen molar-refractivity contribution in [2.45, 2.75) is 32.9 Å². The highest BCUT2D eigenvalue weighted by molar-refractivity contribution is 5.27. The van der Waals surface area contributed by atoms with Gasteiger partial charge in [0.15, 0.2) is 0 Å². The lowest BCUT2D eigenvalue weighted by Gasteiger charge is -2.10. The predicted octanol–water partition coefficient (Wildman–Crippen LogP) is 2.65. The van der Waals surface area contributed by atoms with Crippen LogP contribution in [0.3, 0.4) is 0 Å². The van der Waals surface area contributed by atoms with Gasteiger partial charge in [0.2, 0.25) is 0 Å². The summed E-state index contributed by atoms with van der Waals surface area (Å²) in [4.78, 5) is 4.29. The first kappa shape index (κ1) is 13.7. The molecular weight excluding hydrogens is 241 g/mol. The van der Waals surface area contributed by atoms with Crippen LogP contribution < -0.4 is 5.32 Å². The lowest BCUT2D eigenvalue weighted by molar-refractivity contribution is 0.552. The molecule has 0 saturated heterocycles. The molecule has 0 aliphatic rings. The maximum atomic E-state index is 13.7. The van der Waals surface area contributed by atoms with E-state index in [0.717, 1.165) is 17.8 Å². The molecule has 3 nitrogen and oxygen atoms in total. The van der Waals surface area contributed by atoms with Gasteiger partial charge in [0.1, 0.15) is 11.6 Å². The summed E-state index contributed by atoms with van der Waals surface area (Å²) in [5, 5.41) is 3.24. The minimum absolute atomic E-state index is 0.156. The van der Waals surface area contributed by atoms with Crippen LogP contribution >= 0.6 is 0 Å². The molecule has 1 aromatic carbocycles. The number of imidazole rings is 1. The molecule has 0 saturated carbocycles. The Bertz CT molecular complexity index is 546. The van der Waals surface area contributed by atoms with Crippen LogP contribution in [0.4, 0.5) is 4.39 Å². The second-order valence-corrected chi connectivity index (χ2v) is 5.09. The van der Waals surface area contributed by atoms with Crippen LogP contribution in [-0.4, -0.2) is 15.6 Å². The molecule has 2 rings (SSSR count). The number of benzene rings is 1. The van der Waals surface area contributed by atoms with E-state index in [2.05, 4.69) is 24.1 Å². The third-order valence-electron chi connectivity index (χ3n) is 3.09. The van der Waals surface area contributed by atoms with Crippen molar-refractivity contribution in [3.8, 4) is 0 Å². The van der Waals surface area contributed by atoms with E-state index in [1.165, 1.54) is 6.07 Å². The van der Waals surface area contributed by atoms with Crippen molar-refractivity contribution in [3.05, 3.63) is 53.4 Å². The van der Waals surface area contributed by atoms with Crippen molar-refractivity contribution in [1.82, 2.24) is 14.9 Å². The lowest BCUT2D eigenvalue weighted by Crippen LogP contribution is -2.22. The van der Waals surface area contributed by atoms with Crippen LogP contribution in [-0.2, 0) is 20.0 Å². The molecule has 0 atom stereocenters. The van der Waals surface area contributed by atoms with Gasteiger partial charge in [-0.3, -0.25) is 0 Å². The van der Waals surface area contributed by atoms with Crippen LogP contribution in [0.25, 0.3) is 0 Å². The van der Waals surface area contributed by atoms with Crippen molar-refractivity contribution < 1.29 is 4.39 Å². The molecule has 0 spiro atoms. The van der Waals surface area contributed by atoms with Crippen LogP contribution in [0.15, 0.2) is 30.6 Å². The standard InChI is InChI=1S/C15H20FN3/c1-11(2)18-10-13-8-12(4-5-14(13)16)9-15-17-6-7-19(15)3/h4-8,11,18H,9-10H2,1-3H3. The number of aryl methyl sites for hydroxylation is 1. The Morgan fingerprint density at radius 3 is 2.79 bits per heavy atom. The van der Waals surface area contributed by atoms with Gasteiger partial charge in [0.05, 0.1) is 0 Å². The number of halogens is 1. The maximum absolute atomic E-state index is 13.7. The van der Waals surface area contributed by atoms with Crippen molar-refractivity contribution >= 4 is 0 Å². The fraction of sp³-hybridized carbons (Fsp3) is 0.400.